The molecule has 4 nitrogen and oxygen atoms in total. The third-order valence-electron chi connectivity index (χ3n) is 3.01. The van der Waals surface area contributed by atoms with Crippen molar-refractivity contribution in [2.24, 2.45) is 7.05 Å². The summed E-state index contributed by atoms with van der Waals surface area (Å²) in [6, 6.07) is 5.10. The van der Waals surface area contributed by atoms with Gasteiger partial charge in [-0.25, -0.2) is 9.07 Å². The van der Waals surface area contributed by atoms with Crippen molar-refractivity contribution in [1.29, 1.82) is 0 Å². The highest BCUT2D eigenvalue weighted by Crippen LogP contribution is 2.29. The van der Waals surface area contributed by atoms with E-state index in [1.807, 2.05) is 14.0 Å². The van der Waals surface area contributed by atoms with Gasteiger partial charge >= 0.3 is 0 Å². The number of hydrogen-bond donors (Lipinski definition) is 1. The maximum atomic E-state index is 14.0. The molecule has 0 bridgehead atoms. The topological polar surface area (TPSA) is 39.1 Å². The molecule has 5 heteroatoms. The summed E-state index contributed by atoms with van der Waals surface area (Å²) in [5, 5.41) is 7.37. The van der Waals surface area contributed by atoms with Crippen molar-refractivity contribution in [3.63, 3.8) is 0 Å². The van der Waals surface area contributed by atoms with Crippen molar-refractivity contribution in [3.8, 4) is 11.6 Å². The normalized spacial score (nSPS) is 10.8. The molecule has 19 heavy (non-hydrogen) atoms. The Labute approximate surface area is 112 Å². The molecule has 2 rings (SSSR count). The Morgan fingerprint density at radius 2 is 2.11 bits per heavy atom. The van der Waals surface area contributed by atoms with Crippen LogP contribution in [0.1, 0.15) is 16.8 Å². The Morgan fingerprint density at radius 1 is 1.37 bits per heavy atom. The van der Waals surface area contributed by atoms with E-state index >= 15 is 0 Å². The molecule has 2 aromatic rings. The Kier molecular flexibility index (Phi) is 3.85. The Hall–Kier alpha value is -1.88. The molecule has 0 aliphatic carbocycles. The van der Waals surface area contributed by atoms with Crippen molar-refractivity contribution in [3.05, 3.63) is 40.8 Å². The van der Waals surface area contributed by atoms with E-state index in [1.165, 1.54) is 0 Å². The highest BCUT2D eigenvalue weighted by Gasteiger charge is 2.16. The average molecular weight is 263 g/mol. The number of aryl methyl sites for hydroxylation is 3. The summed E-state index contributed by atoms with van der Waals surface area (Å²) in [4.78, 5) is 0. The molecule has 0 unspecified atom stereocenters. The smallest absolute Gasteiger partial charge is 0.222 e. The highest BCUT2D eigenvalue weighted by atomic mass is 19.1. The van der Waals surface area contributed by atoms with Crippen molar-refractivity contribution in [1.82, 2.24) is 15.1 Å². The lowest BCUT2D eigenvalue weighted by Crippen LogP contribution is -2.07. The van der Waals surface area contributed by atoms with Gasteiger partial charge in [0.1, 0.15) is 0 Å². The van der Waals surface area contributed by atoms with Crippen molar-refractivity contribution in [2.45, 2.75) is 20.4 Å². The monoisotopic (exact) mass is 263 g/mol. The molecule has 0 atom stereocenters. The Morgan fingerprint density at radius 3 is 2.79 bits per heavy atom. The third kappa shape index (κ3) is 2.61. The zero-order valence-corrected chi connectivity index (χ0v) is 11.6. The second-order valence-electron chi connectivity index (χ2n) is 4.51. The lowest BCUT2D eigenvalue weighted by atomic mass is 10.2. The van der Waals surface area contributed by atoms with Gasteiger partial charge in [0.15, 0.2) is 11.6 Å². The van der Waals surface area contributed by atoms with Crippen LogP contribution >= 0.6 is 0 Å². The molecule has 1 heterocycles. The summed E-state index contributed by atoms with van der Waals surface area (Å²) in [6.07, 6.45) is 0. The molecular weight excluding hydrogens is 245 g/mol. The van der Waals surface area contributed by atoms with Gasteiger partial charge < -0.3 is 10.1 Å². The van der Waals surface area contributed by atoms with Gasteiger partial charge in [-0.1, -0.05) is 12.1 Å². The molecule has 0 aliphatic rings. The van der Waals surface area contributed by atoms with E-state index in [-0.39, 0.29) is 11.6 Å². The van der Waals surface area contributed by atoms with Crippen LogP contribution in [0.3, 0.4) is 0 Å². The Bertz CT molecular complexity index is 593. The van der Waals surface area contributed by atoms with Crippen LogP contribution in [0.2, 0.25) is 0 Å². The fraction of sp³-hybridized carbons (Fsp3) is 0.357. The summed E-state index contributed by atoms with van der Waals surface area (Å²) in [5.41, 5.74) is 2.37. The number of nitrogens with zero attached hydrogens (tertiary/aromatic N) is 2. The zero-order chi connectivity index (χ0) is 14.0. The predicted molar refractivity (Wildman–Crippen MR) is 71.9 cm³/mol. The molecule has 0 amide bonds. The first-order valence-corrected chi connectivity index (χ1v) is 6.14. The number of rotatable bonds is 4. The van der Waals surface area contributed by atoms with E-state index < -0.39 is 0 Å². The number of benzene rings is 1. The number of halogens is 1. The van der Waals surface area contributed by atoms with Crippen LogP contribution < -0.4 is 10.1 Å². The summed E-state index contributed by atoms with van der Waals surface area (Å²) >= 11 is 0. The number of hydrogen-bond acceptors (Lipinski definition) is 3. The predicted octanol–water partition coefficient (Wildman–Crippen LogP) is 2.69. The second kappa shape index (κ2) is 5.40. The molecular formula is C14H18FN3O. The number of nitrogens with one attached hydrogen (secondary N) is 1. The third-order valence-corrected chi connectivity index (χ3v) is 3.01. The lowest BCUT2D eigenvalue weighted by Gasteiger charge is -2.10. The molecule has 1 aromatic carbocycles. The minimum atomic E-state index is -0.336. The van der Waals surface area contributed by atoms with Crippen LogP contribution in [-0.2, 0) is 13.6 Å². The van der Waals surface area contributed by atoms with E-state index in [1.54, 1.807) is 36.9 Å². The first kappa shape index (κ1) is 13.5. The first-order valence-electron chi connectivity index (χ1n) is 6.14. The van der Waals surface area contributed by atoms with Crippen LogP contribution in [-0.4, -0.2) is 16.8 Å². The summed E-state index contributed by atoms with van der Waals surface area (Å²) in [7, 11) is 3.64. The molecule has 0 aliphatic heterocycles. The molecule has 0 radical (unpaired) electrons. The zero-order valence-electron chi connectivity index (χ0n) is 11.6. The largest absolute Gasteiger partial charge is 0.436 e. The van der Waals surface area contributed by atoms with E-state index in [2.05, 4.69) is 10.4 Å². The van der Waals surface area contributed by atoms with Gasteiger partial charge in [-0.3, -0.25) is 0 Å². The molecule has 0 fully saturated rings. The SMILES string of the molecule is CNCc1c(C)nn(C)c1Oc1cccc(C)c1F. The fourth-order valence-electron chi connectivity index (χ4n) is 1.99. The summed E-state index contributed by atoms with van der Waals surface area (Å²) in [6.45, 7) is 4.25. The molecule has 1 N–H and O–H groups in total. The molecule has 0 saturated heterocycles. The van der Waals surface area contributed by atoms with E-state index in [9.17, 15) is 4.39 Å². The standard InChI is InChI=1S/C14H18FN3O/c1-9-6-5-7-12(13(9)15)19-14-11(8-16-3)10(2)17-18(14)4/h5-7,16H,8H2,1-4H3. The molecule has 1 aromatic heterocycles. The van der Waals surface area contributed by atoms with Gasteiger partial charge in [-0.05, 0) is 32.5 Å². The van der Waals surface area contributed by atoms with E-state index in [0.717, 1.165) is 11.3 Å². The van der Waals surface area contributed by atoms with Gasteiger partial charge in [-0.15, -0.1) is 0 Å². The van der Waals surface area contributed by atoms with Crippen LogP contribution in [0, 0.1) is 19.7 Å². The van der Waals surface area contributed by atoms with Crippen LogP contribution in [0.25, 0.3) is 0 Å². The van der Waals surface area contributed by atoms with Gasteiger partial charge in [0.2, 0.25) is 5.88 Å². The maximum Gasteiger partial charge on any atom is 0.222 e. The number of aromatic nitrogens is 2. The van der Waals surface area contributed by atoms with E-state index in [4.69, 9.17) is 4.74 Å². The van der Waals surface area contributed by atoms with Gasteiger partial charge in [-0.2, -0.15) is 5.10 Å². The second-order valence-corrected chi connectivity index (χ2v) is 4.51. The first-order chi connectivity index (χ1) is 9.04. The summed E-state index contributed by atoms with van der Waals surface area (Å²) in [5.74, 6) is 0.452. The minimum absolute atomic E-state index is 0.223. The van der Waals surface area contributed by atoms with Gasteiger partial charge in [0.05, 0.1) is 11.3 Å². The van der Waals surface area contributed by atoms with Crippen LogP contribution in [0.5, 0.6) is 11.6 Å². The van der Waals surface area contributed by atoms with Crippen molar-refractivity contribution < 1.29 is 9.13 Å². The van der Waals surface area contributed by atoms with Crippen LogP contribution in [0.15, 0.2) is 18.2 Å². The van der Waals surface area contributed by atoms with Crippen molar-refractivity contribution >= 4 is 0 Å². The lowest BCUT2D eigenvalue weighted by molar-refractivity contribution is 0.397. The van der Waals surface area contributed by atoms with Crippen molar-refractivity contribution in [2.75, 3.05) is 7.05 Å². The Balaban J connectivity index is 2.40. The van der Waals surface area contributed by atoms with Gasteiger partial charge in [0.25, 0.3) is 0 Å². The molecule has 0 saturated carbocycles. The van der Waals surface area contributed by atoms with Crippen LogP contribution in [0.4, 0.5) is 4.39 Å². The van der Waals surface area contributed by atoms with Gasteiger partial charge in [0, 0.05) is 13.6 Å². The molecule has 102 valence electrons. The maximum absolute atomic E-state index is 14.0. The average Bonchev–Trinajstić information content (AvgIpc) is 2.62. The quantitative estimate of drug-likeness (QED) is 0.921. The fourth-order valence-corrected chi connectivity index (χ4v) is 1.99. The minimum Gasteiger partial charge on any atom is -0.436 e. The van der Waals surface area contributed by atoms with E-state index in [0.29, 0.717) is 18.0 Å². The summed E-state index contributed by atoms with van der Waals surface area (Å²) < 4.78 is 21.3. The molecule has 0 spiro atoms. The number of ether oxygens (including phenoxy) is 1. The highest BCUT2D eigenvalue weighted by molar-refractivity contribution is 5.38.